The van der Waals surface area contributed by atoms with Gasteiger partial charge in [-0.15, -0.1) is 0 Å². The van der Waals surface area contributed by atoms with E-state index in [1.54, 1.807) is 0 Å². The first-order valence-electron chi connectivity index (χ1n) is 3.87. The van der Waals surface area contributed by atoms with Crippen LogP contribution in [0.1, 0.15) is 11.1 Å². The summed E-state index contributed by atoms with van der Waals surface area (Å²) in [5.74, 6) is -0.634. The Morgan fingerprint density at radius 2 is 1.88 bits per heavy atom. The van der Waals surface area contributed by atoms with Crippen LogP contribution in [0.25, 0.3) is 0 Å². The highest BCUT2D eigenvalue weighted by molar-refractivity contribution is 9.10. The Labute approximate surface area is 103 Å². The average molecular weight is 338 g/mol. The molecule has 0 saturated heterocycles. The maximum Gasteiger partial charge on any atom is 0.417 e. The first-order chi connectivity index (χ1) is 7.09. The molecule has 1 aromatic carbocycles. The molecule has 16 heavy (non-hydrogen) atoms. The molecule has 0 saturated carbocycles. The van der Waals surface area contributed by atoms with E-state index >= 15 is 0 Å². The lowest BCUT2D eigenvalue weighted by molar-refractivity contribution is -0.138. The minimum atomic E-state index is -4.54. The maximum absolute atomic E-state index is 12.4. The normalized spacial score (nSPS) is 12.8. The van der Waals surface area contributed by atoms with Crippen LogP contribution in [0.4, 0.5) is 13.2 Å². The van der Waals surface area contributed by atoms with Crippen molar-refractivity contribution in [1.82, 2.24) is 0 Å². The Morgan fingerprint density at radius 3 is 2.31 bits per heavy atom. The second-order valence-electron chi connectivity index (χ2n) is 3.00. The topological polar surface area (TPSA) is 34.1 Å². The van der Waals surface area contributed by atoms with Crippen LogP contribution in [0, 0.1) is 0 Å². The molecule has 0 bridgehead atoms. The zero-order valence-corrected chi connectivity index (χ0v) is 10.7. The highest BCUT2D eigenvalue weighted by atomic mass is 79.9. The van der Waals surface area contributed by atoms with Crippen molar-refractivity contribution in [2.24, 2.45) is 0 Å². The first-order valence-corrected chi connectivity index (χ1v) is 7.15. The van der Waals surface area contributed by atoms with E-state index in [1.165, 1.54) is 6.07 Å². The van der Waals surface area contributed by atoms with Gasteiger partial charge in [-0.05, 0) is 17.7 Å². The molecular weight excluding hydrogens is 333 g/mol. The second-order valence-corrected chi connectivity index (χ2v) is 6.63. The van der Waals surface area contributed by atoms with Crippen LogP contribution in [-0.2, 0) is 21.0 Å². The van der Waals surface area contributed by atoms with E-state index in [9.17, 15) is 21.6 Å². The minimum Gasteiger partial charge on any atom is -0.212 e. The Kier molecular flexibility index (Phi) is 3.91. The van der Waals surface area contributed by atoms with E-state index in [0.717, 1.165) is 12.1 Å². The lowest BCUT2D eigenvalue weighted by atomic mass is 10.1. The van der Waals surface area contributed by atoms with Gasteiger partial charge in [-0.1, -0.05) is 22.0 Å². The van der Waals surface area contributed by atoms with E-state index in [0.29, 0.717) is 0 Å². The minimum absolute atomic E-state index is 0.00877. The van der Waals surface area contributed by atoms with Crippen LogP contribution in [0.2, 0.25) is 0 Å². The number of alkyl halides is 3. The maximum atomic E-state index is 12.4. The third-order valence-corrected chi connectivity index (χ3v) is 3.37. The Balaban J connectivity index is 3.18. The Morgan fingerprint density at radius 1 is 1.31 bits per heavy atom. The summed E-state index contributed by atoms with van der Waals surface area (Å²) in [6.45, 7) is 0. The van der Waals surface area contributed by atoms with Crippen molar-refractivity contribution in [3.8, 4) is 0 Å². The summed E-state index contributed by atoms with van der Waals surface area (Å²) in [4.78, 5) is 0. The molecule has 0 N–H and O–H groups in total. The van der Waals surface area contributed by atoms with Crippen LogP contribution >= 0.6 is 26.6 Å². The fourth-order valence-corrected chi connectivity index (χ4v) is 2.51. The quantitative estimate of drug-likeness (QED) is 0.774. The van der Waals surface area contributed by atoms with Crippen molar-refractivity contribution in [3.05, 3.63) is 33.8 Å². The van der Waals surface area contributed by atoms with Crippen LogP contribution in [0.15, 0.2) is 22.7 Å². The molecule has 8 heteroatoms. The molecule has 0 atom stereocenters. The predicted octanol–water partition coefficient (Wildman–Crippen LogP) is 3.54. The van der Waals surface area contributed by atoms with Gasteiger partial charge in [0.25, 0.3) is 0 Å². The molecule has 0 heterocycles. The number of halogens is 5. The third kappa shape index (κ3) is 3.95. The van der Waals surface area contributed by atoms with Gasteiger partial charge in [-0.2, -0.15) is 13.2 Å². The smallest absolute Gasteiger partial charge is 0.212 e. The van der Waals surface area contributed by atoms with Crippen molar-refractivity contribution in [3.63, 3.8) is 0 Å². The van der Waals surface area contributed by atoms with Crippen molar-refractivity contribution in [2.45, 2.75) is 11.9 Å². The molecule has 0 fully saturated rings. The van der Waals surface area contributed by atoms with Crippen LogP contribution < -0.4 is 0 Å². The van der Waals surface area contributed by atoms with Gasteiger partial charge >= 0.3 is 6.18 Å². The van der Waals surface area contributed by atoms with Crippen molar-refractivity contribution in [1.29, 1.82) is 0 Å². The van der Waals surface area contributed by atoms with Gasteiger partial charge in [-0.25, -0.2) is 8.42 Å². The first kappa shape index (κ1) is 13.8. The zero-order valence-electron chi connectivity index (χ0n) is 7.55. The molecule has 0 aliphatic carbocycles. The summed E-state index contributed by atoms with van der Waals surface area (Å²) < 4.78 is 58.6. The van der Waals surface area contributed by atoms with E-state index in [1.807, 2.05) is 0 Å². The summed E-state index contributed by atoms with van der Waals surface area (Å²) in [5, 5.41) is 0. The van der Waals surface area contributed by atoms with Crippen molar-refractivity contribution < 1.29 is 21.6 Å². The molecule has 0 aromatic heterocycles. The monoisotopic (exact) mass is 336 g/mol. The fraction of sp³-hybridized carbons (Fsp3) is 0.250. The molecule has 0 radical (unpaired) electrons. The molecular formula is C8H5BrClF3O2S. The lowest BCUT2D eigenvalue weighted by Gasteiger charge is -2.10. The predicted molar refractivity (Wildman–Crippen MR) is 57.6 cm³/mol. The largest absolute Gasteiger partial charge is 0.417 e. The van der Waals surface area contributed by atoms with Gasteiger partial charge in [0.15, 0.2) is 0 Å². The highest BCUT2D eigenvalue weighted by Crippen LogP contribution is 2.35. The fourth-order valence-electron chi connectivity index (χ4n) is 1.08. The SMILES string of the molecule is O=S(=O)(Cl)Cc1ccc(Br)c(C(F)(F)F)c1. The van der Waals surface area contributed by atoms with Gasteiger partial charge < -0.3 is 0 Å². The van der Waals surface area contributed by atoms with Crippen molar-refractivity contribution in [2.75, 3.05) is 0 Å². The van der Waals surface area contributed by atoms with Gasteiger partial charge in [0.2, 0.25) is 9.05 Å². The molecule has 0 aliphatic heterocycles. The Hall–Kier alpha value is -0.270. The molecule has 0 aliphatic rings. The lowest BCUT2D eigenvalue weighted by Crippen LogP contribution is -2.07. The molecule has 1 rings (SSSR count). The van der Waals surface area contributed by atoms with Crippen molar-refractivity contribution >= 4 is 35.7 Å². The number of hydrogen-bond acceptors (Lipinski definition) is 2. The average Bonchev–Trinajstić information content (AvgIpc) is 2.04. The van der Waals surface area contributed by atoms with Crippen LogP contribution in [0.5, 0.6) is 0 Å². The molecule has 1 aromatic rings. The molecule has 0 amide bonds. The summed E-state index contributed by atoms with van der Waals surface area (Å²) in [6.07, 6.45) is -4.54. The number of benzene rings is 1. The number of hydrogen-bond donors (Lipinski definition) is 0. The Bertz CT molecular complexity index is 498. The van der Waals surface area contributed by atoms with Gasteiger partial charge in [0.05, 0.1) is 11.3 Å². The third-order valence-electron chi connectivity index (χ3n) is 1.68. The summed E-state index contributed by atoms with van der Waals surface area (Å²) in [7, 11) is 1.09. The van der Waals surface area contributed by atoms with Gasteiger partial charge in [-0.3, -0.25) is 0 Å². The van der Waals surface area contributed by atoms with E-state index in [2.05, 4.69) is 15.9 Å². The summed E-state index contributed by atoms with van der Waals surface area (Å²) in [5.41, 5.74) is -0.934. The van der Waals surface area contributed by atoms with E-state index in [4.69, 9.17) is 10.7 Å². The molecule has 0 spiro atoms. The van der Waals surface area contributed by atoms with E-state index in [-0.39, 0.29) is 10.0 Å². The highest BCUT2D eigenvalue weighted by Gasteiger charge is 2.33. The second kappa shape index (κ2) is 4.54. The molecule has 90 valence electrons. The summed E-state index contributed by atoms with van der Waals surface area (Å²) >= 11 is 2.74. The van der Waals surface area contributed by atoms with Crippen LogP contribution in [-0.4, -0.2) is 8.42 Å². The number of rotatable bonds is 2. The standard InChI is InChI=1S/C8H5BrClF3O2S/c9-7-2-1-5(4-16(10,14)15)3-6(7)8(11,12)13/h1-3H,4H2. The molecule has 2 nitrogen and oxygen atoms in total. The zero-order chi connectivity index (χ0) is 12.6. The van der Waals surface area contributed by atoms with Gasteiger partial charge in [0.1, 0.15) is 0 Å². The molecule has 0 unspecified atom stereocenters. The van der Waals surface area contributed by atoms with Crippen LogP contribution in [0.3, 0.4) is 0 Å². The van der Waals surface area contributed by atoms with E-state index < -0.39 is 26.5 Å². The summed E-state index contributed by atoms with van der Waals surface area (Å²) in [6, 6.07) is 3.16. The van der Waals surface area contributed by atoms with Gasteiger partial charge in [0, 0.05) is 15.2 Å².